The number of hydrogen-bond donors (Lipinski definition) is 1. The molecule has 0 spiro atoms. The highest BCUT2D eigenvalue weighted by atomic mass is 35.5. The summed E-state index contributed by atoms with van der Waals surface area (Å²) in [6, 6.07) is 4.98. The summed E-state index contributed by atoms with van der Waals surface area (Å²) in [5.41, 5.74) is 8.33. The molecule has 100 valence electrons. The molecule has 0 aliphatic rings. The van der Waals surface area contributed by atoms with E-state index in [-0.39, 0.29) is 0 Å². The monoisotopic (exact) mass is 297 g/mol. The third kappa shape index (κ3) is 2.97. The first kappa shape index (κ1) is 14.1. The average molecular weight is 298 g/mol. The van der Waals surface area contributed by atoms with Gasteiger partial charge >= 0.3 is 0 Å². The Morgan fingerprint density at radius 1 is 1.21 bits per heavy atom. The number of rotatable bonds is 3. The number of hydrogen-bond acceptors (Lipinski definition) is 4. The van der Waals surface area contributed by atoms with Gasteiger partial charge in [-0.2, -0.15) is 5.10 Å². The summed E-state index contributed by atoms with van der Waals surface area (Å²) in [7, 11) is 0. The Morgan fingerprint density at radius 2 is 1.95 bits per heavy atom. The molecule has 0 amide bonds. The van der Waals surface area contributed by atoms with Gasteiger partial charge < -0.3 is 10.5 Å². The molecule has 0 radical (unpaired) electrons. The molecule has 4 nitrogen and oxygen atoms in total. The molecule has 1 heterocycles. The van der Waals surface area contributed by atoms with Crippen LogP contribution >= 0.6 is 23.2 Å². The molecule has 2 N–H and O–H groups in total. The number of aryl methyl sites for hydroxylation is 1. The second-order valence-corrected chi connectivity index (χ2v) is 4.92. The predicted molar refractivity (Wildman–Crippen MR) is 75.9 cm³/mol. The van der Waals surface area contributed by atoms with Crippen LogP contribution in [0.15, 0.2) is 18.2 Å². The summed E-state index contributed by atoms with van der Waals surface area (Å²) in [5.74, 6) is 0.788. The Morgan fingerprint density at radius 3 is 2.63 bits per heavy atom. The SMILES string of the molecule is Cc1nnc(Oc2cc(Cl)ccc2Cl)c(CN)c1C. The van der Waals surface area contributed by atoms with Crippen molar-refractivity contribution in [2.45, 2.75) is 20.4 Å². The Hall–Kier alpha value is -1.36. The van der Waals surface area contributed by atoms with E-state index in [1.807, 2.05) is 13.8 Å². The molecule has 0 unspecified atom stereocenters. The molecule has 0 fully saturated rings. The Balaban J connectivity index is 2.43. The van der Waals surface area contributed by atoms with Gasteiger partial charge in [0.15, 0.2) is 0 Å². The molecule has 19 heavy (non-hydrogen) atoms. The molecule has 0 saturated heterocycles. The van der Waals surface area contributed by atoms with E-state index in [9.17, 15) is 0 Å². The zero-order valence-electron chi connectivity index (χ0n) is 10.6. The van der Waals surface area contributed by atoms with Crippen molar-refractivity contribution in [1.82, 2.24) is 10.2 Å². The highest BCUT2D eigenvalue weighted by molar-refractivity contribution is 6.34. The van der Waals surface area contributed by atoms with Crippen molar-refractivity contribution in [3.05, 3.63) is 45.1 Å². The van der Waals surface area contributed by atoms with E-state index >= 15 is 0 Å². The van der Waals surface area contributed by atoms with Gasteiger partial charge in [0, 0.05) is 23.2 Å². The van der Waals surface area contributed by atoms with E-state index in [1.54, 1.807) is 18.2 Å². The smallest absolute Gasteiger partial charge is 0.243 e. The molecule has 0 aliphatic heterocycles. The number of aromatic nitrogens is 2. The minimum Gasteiger partial charge on any atom is -0.436 e. The lowest BCUT2D eigenvalue weighted by Crippen LogP contribution is -2.07. The Bertz CT molecular complexity index is 617. The summed E-state index contributed by atoms with van der Waals surface area (Å²) in [4.78, 5) is 0. The van der Waals surface area contributed by atoms with Crippen molar-refractivity contribution in [1.29, 1.82) is 0 Å². The molecular formula is C13H13Cl2N3O. The molecular weight excluding hydrogens is 285 g/mol. The normalized spacial score (nSPS) is 10.6. The van der Waals surface area contributed by atoms with Crippen LogP contribution in [0, 0.1) is 13.8 Å². The first-order chi connectivity index (χ1) is 9.02. The third-order valence-electron chi connectivity index (χ3n) is 2.85. The fraction of sp³-hybridized carbons (Fsp3) is 0.231. The van der Waals surface area contributed by atoms with Crippen LogP contribution in [0.2, 0.25) is 10.0 Å². The van der Waals surface area contributed by atoms with Crippen LogP contribution in [0.4, 0.5) is 0 Å². The second kappa shape index (κ2) is 5.74. The first-order valence-corrected chi connectivity index (χ1v) is 6.44. The van der Waals surface area contributed by atoms with Crippen LogP contribution in [0.1, 0.15) is 16.8 Å². The molecule has 1 aromatic carbocycles. The predicted octanol–water partition coefficient (Wildman–Crippen LogP) is 3.65. The van der Waals surface area contributed by atoms with Crippen LogP contribution in [0.25, 0.3) is 0 Å². The number of nitrogens with zero attached hydrogens (tertiary/aromatic N) is 2. The van der Waals surface area contributed by atoms with Gasteiger partial charge in [-0.15, -0.1) is 5.10 Å². The molecule has 0 atom stereocenters. The lowest BCUT2D eigenvalue weighted by atomic mass is 10.1. The topological polar surface area (TPSA) is 61.0 Å². The fourth-order valence-electron chi connectivity index (χ4n) is 1.62. The molecule has 0 aliphatic carbocycles. The Labute approximate surface area is 121 Å². The van der Waals surface area contributed by atoms with Gasteiger partial charge in [0.2, 0.25) is 5.88 Å². The Kier molecular flexibility index (Phi) is 4.24. The van der Waals surface area contributed by atoms with Gasteiger partial charge in [-0.3, -0.25) is 0 Å². The van der Waals surface area contributed by atoms with E-state index in [0.717, 1.165) is 16.8 Å². The number of ether oxygens (including phenoxy) is 1. The van der Waals surface area contributed by atoms with Crippen LogP contribution in [-0.4, -0.2) is 10.2 Å². The standard InChI is InChI=1S/C13H13Cl2N3O/c1-7-8(2)17-18-13(10(7)6-16)19-12-5-9(14)3-4-11(12)15/h3-5H,6,16H2,1-2H3. The van der Waals surface area contributed by atoms with Gasteiger partial charge in [-0.25, -0.2) is 0 Å². The third-order valence-corrected chi connectivity index (χ3v) is 3.40. The highest BCUT2D eigenvalue weighted by Gasteiger charge is 2.13. The second-order valence-electron chi connectivity index (χ2n) is 4.08. The number of benzene rings is 1. The van der Waals surface area contributed by atoms with Crippen LogP contribution in [0.3, 0.4) is 0 Å². The maximum absolute atomic E-state index is 6.05. The van der Waals surface area contributed by atoms with Crippen molar-refractivity contribution < 1.29 is 4.74 Å². The fourth-order valence-corrected chi connectivity index (χ4v) is 1.93. The molecule has 2 aromatic rings. The summed E-state index contributed by atoms with van der Waals surface area (Å²) in [6.45, 7) is 4.12. The first-order valence-electron chi connectivity index (χ1n) is 5.68. The maximum Gasteiger partial charge on any atom is 0.243 e. The lowest BCUT2D eigenvalue weighted by molar-refractivity contribution is 0.446. The summed E-state index contributed by atoms with van der Waals surface area (Å²) < 4.78 is 5.68. The minimum atomic E-state index is 0.315. The van der Waals surface area contributed by atoms with E-state index in [4.69, 9.17) is 33.7 Å². The molecule has 6 heteroatoms. The van der Waals surface area contributed by atoms with E-state index in [1.165, 1.54) is 0 Å². The zero-order valence-corrected chi connectivity index (χ0v) is 12.1. The van der Waals surface area contributed by atoms with Gasteiger partial charge in [-0.1, -0.05) is 23.2 Å². The van der Waals surface area contributed by atoms with Crippen molar-refractivity contribution in [3.63, 3.8) is 0 Å². The maximum atomic E-state index is 6.05. The van der Waals surface area contributed by atoms with Crippen LogP contribution < -0.4 is 10.5 Å². The molecule has 0 bridgehead atoms. The summed E-state index contributed by atoms with van der Waals surface area (Å²) in [5, 5.41) is 9.04. The largest absolute Gasteiger partial charge is 0.436 e. The average Bonchev–Trinajstić information content (AvgIpc) is 2.38. The number of nitrogens with two attached hydrogens (primary N) is 1. The molecule has 1 aromatic heterocycles. The van der Waals surface area contributed by atoms with Crippen molar-refractivity contribution in [2.75, 3.05) is 0 Å². The quantitative estimate of drug-likeness (QED) is 0.939. The van der Waals surface area contributed by atoms with Crippen LogP contribution in [-0.2, 0) is 6.54 Å². The molecule has 0 saturated carbocycles. The zero-order chi connectivity index (χ0) is 14.0. The van der Waals surface area contributed by atoms with E-state index < -0.39 is 0 Å². The van der Waals surface area contributed by atoms with E-state index in [0.29, 0.717) is 28.2 Å². The summed E-state index contributed by atoms with van der Waals surface area (Å²) in [6.07, 6.45) is 0. The van der Waals surface area contributed by atoms with Gasteiger partial charge in [-0.05, 0) is 31.5 Å². The van der Waals surface area contributed by atoms with Gasteiger partial charge in [0.25, 0.3) is 0 Å². The minimum absolute atomic E-state index is 0.315. The van der Waals surface area contributed by atoms with Crippen molar-refractivity contribution in [3.8, 4) is 11.6 Å². The van der Waals surface area contributed by atoms with Crippen molar-refractivity contribution >= 4 is 23.2 Å². The highest BCUT2D eigenvalue weighted by Crippen LogP contribution is 2.33. The van der Waals surface area contributed by atoms with Gasteiger partial charge in [0.1, 0.15) is 5.75 Å². The van der Waals surface area contributed by atoms with Gasteiger partial charge in [0.05, 0.1) is 10.7 Å². The number of halogens is 2. The van der Waals surface area contributed by atoms with Crippen molar-refractivity contribution in [2.24, 2.45) is 5.73 Å². The van der Waals surface area contributed by atoms with E-state index in [2.05, 4.69) is 10.2 Å². The lowest BCUT2D eigenvalue weighted by Gasteiger charge is -2.12. The summed E-state index contributed by atoms with van der Waals surface area (Å²) >= 11 is 12.0. The molecule has 2 rings (SSSR count). The van der Waals surface area contributed by atoms with Crippen LogP contribution in [0.5, 0.6) is 11.6 Å².